The van der Waals surface area contributed by atoms with Crippen LogP contribution in [-0.2, 0) is 0 Å². The number of halogens is 1. The van der Waals surface area contributed by atoms with Gasteiger partial charge in [0.1, 0.15) is 3.70 Å². The molecule has 1 aromatic heterocycles. The normalized spacial score (nSPS) is 16.2. The fraction of sp³-hybridized carbons (Fsp3) is 0.444. The number of rotatable bonds is 2. The van der Waals surface area contributed by atoms with E-state index >= 15 is 0 Å². The molecule has 0 radical (unpaired) electrons. The van der Waals surface area contributed by atoms with Crippen LogP contribution < -0.4 is 5.32 Å². The molecule has 12 heavy (non-hydrogen) atoms. The van der Waals surface area contributed by atoms with Crippen molar-refractivity contribution in [1.82, 2.24) is 4.98 Å². The first-order valence-corrected chi connectivity index (χ1v) is 5.23. The number of hydrogen-bond acceptors (Lipinski definition) is 2. The summed E-state index contributed by atoms with van der Waals surface area (Å²) in [6.07, 6.45) is 2.61. The van der Waals surface area contributed by atoms with Crippen molar-refractivity contribution in [1.29, 1.82) is 0 Å². The minimum atomic E-state index is 0.724. The number of nitrogens with one attached hydrogen (secondary N) is 1. The largest absolute Gasteiger partial charge is 0.387 e. The maximum Gasteiger partial charge on any atom is 0.101 e. The molecule has 2 nitrogen and oxygen atoms in total. The SMILES string of the molecule is CNc1ccc(I)nc1C1CC1. The molecule has 2 rings (SSSR count). The molecule has 1 aliphatic carbocycles. The lowest BCUT2D eigenvalue weighted by Crippen LogP contribution is -1.98. The monoisotopic (exact) mass is 274 g/mol. The van der Waals surface area contributed by atoms with Crippen LogP contribution in [0.25, 0.3) is 0 Å². The lowest BCUT2D eigenvalue weighted by Gasteiger charge is -2.06. The van der Waals surface area contributed by atoms with Crippen molar-refractivity contribution in [2.45, 2.75) is 18.8 Å². The first-order chi connectivity index (χ1) is 5.81. The topological polar surface area (TPSA) is 24.9 Å². The summed E-state index contributed by atoms with van der Waals surface area (Å²) in [5.41, 5.74) is 2.45. The summed E-state index contributed by atoms with van der Waals surface area (Å²) in [5.74, 6) is 0.724. The molecule has 0 aromatic carbocycles. The van der Waals surface area contributed by atoms with Crippen molar-refractivity contribution in [3.63, 3.8) is 0 Å². The highest BCUT2D eigenvalue weighted by Crippen LogP contribution is 2.42. The van der Waals surface area contributed by atoms with Gasteiger partial charge in [0.25, 0.3) is 0 Å². The van der Waals surface area contributed by atoms with Gasteiger partial charge in [-0.1, -0.05) is 0 Å². The van der Waals surface area contributed by atoms with E-state index in [1.165, 1.54) is 24.2 Å². The molecule has 0 amide bonds. The summed E-state index contributed by atoms with van der Waals surface area (Å²) in [6.45, 7) is 0. The van der Waals surface area contributed by atoms with Crippen LogP contribution in [0.1, 0.15) is 24.5 Å². The standard InChI is InChI=1S/C9H11IN2/c1-11-7-4-5-8(10)12-9(7)6-2-3-6/h4-6,11H,2-3H2,1H3. The molecule has 1 aromatic rings. The highest BCUT2D eigenvalue weighted by molar-refractivity contribution is 14.1. The molecule has 0 aliphatic heterocycles. The van der Waals surface area contributed by atoms with Gasteiger partial charge in [0, 0.05) is 13.0 Å². The van der Waals surface area contributed by atoms with Gasteiger partial charge in [-0.3, -0.25) is 0 Å². The van der Waals surface area contributed by atoms with Crippen molar-refractivity contribution in [2.24, 2.45) is 0 Å². The lowest BCUT2D eigenvalue weighted by molar-refractivity contribution is 1.01. The molecule has 0 unspecified atom stereocenters. The second kappa shape index (κ2) is 3.20. The fourth-order valence-electron chi connectivity index (χ4n) is 1.33. The summed E-state index contributed by atoms with van der Waals surface area (Å²) in [5, 5.41) is 3.18. The summed E-state index contributed by atoms with van der Waals surface area (Å²) < 4.78 is 1.09. The smallest absolute Gasteiger partial charge is 0.101 e. The molecule has 1 aliphatic rings. The zero-order valence-corrected chi connectivity index (χ0v) is 9.13. The van der Waals surface area contributed by atoms with Gasteiger partial charge in [0.2, 0.25) is 0 Å². The van der Waals surface area contributed by atoms with Crippen LogP contribution in [0.5, 0.6) is 0 Å². The van der Waals surface area contributed by atoms with Crippen LogP contribution in [0.4, 0.5) is 5.69 Å². The molecule has 0 bridgehead atoms. The van der Waals surface area contributed by atoms with Crippen LogP contribution in [0, 0.1) is 3.70 Å². The van der Waals surface area contributed by atoms with Gasteiger partial charge in [0.15, 0.2) is 0 Å². The molecule has 64 valence electrons. The van der Waals surface area contributed by atoms with Crippen molar-refractivity contribution in [2.75, 3.05) is 12.4 Å². The van der Waals surface area contributed by atoms with Crippen LogP contribution in [-0.4, -0.2) is 12.0 Å². The average molecular weight is 274 g/mol. The summed E-state index contributed by atoms with van der Waals surface area (Å²) in [4.78, 5) is 4.53. The Morgan fingerprint density at radius 2 is 2.25 bits per heavy atom. The Kier molecular flexibility index (Phi) is 2.21. The van der Waals surface area contributed by atoms with E-state index < -0.39 is 0 Å². The van der Waals surface area contributed by atoms with E-state index in [1.54, 1.807) is 0 Å². The predicted molar refractivity (Wildman–Crippen MR) is 58.5 cm³/mol. The molecule has 1 fully saturated rings. The molecule has 0 atom stereocenters. The fourth-order valence-corrected chi connectivity index (χ4v) is 1.77. The summed E-state index contributed by atoms with van der Waals surface area (Å²) in [7, 11) is 1.95. The van der Waals surface area contributed by atoms with Gasteiger partial charge in [-0.05, 0) is 47.6 Å². The van der Waals surface area contributed by atoms with Gasteiger partial charge < -0.3 is 5.32 Å². The maximum atomic E-state index is 4.53. The molecular weight excluding hydrogens is 263 g/mol. The van der Waals surface area contributed by atoms with Crippen molar-refractivity contribution >= 4 is 28.3 Å². The Morgan fingerprint density at radius 1 is 1.50 bits per heavy atom. The molecule has 1 saturated carbocycles. The molecule has 0 spiro atoms. The van der Waals surface area contributed by atoms with E-state index in [-0.39, 0.29) is 0 Å². The average Bonchev–Trinajstić information content (AvgIpc) is 2.87. The third-order valence-electron chi connectivity index (χ3n) is 2.12. The Morgan fingerprint density at radius 3 is 2.83 bits per heavy atom. The molecule has 1 N–H and O–H groups in total. The first kappa shape index (κ1) is 8.29. The minimum absolute atomic E-state index is 0.724. The van der Waals surface area contributed by atoms with Crippen molar-refractivity contribution in [3.05, 3.63) is 21.5 Å². The molecule has 1 heterocycles. The Labute approximate surface area is 85.9 Å². The van der Waals surface area contributed by atoms with E-state index in [1.807, 2.05) is 13.1 Å². The highest BCUT2D eigenvalue weighted by Gasteiger charge is 2.27. The first-order valence-electron chi connectivity index (χ1n) is 4.15. The number of anilines is 1. The predicted octanol–water partition coefficient (Wildman–Crippen LogP) is 2.61. The third kappa shape index (κ3) is 1.55. The lowest BCUT2D eigenvalue weighted by atomic mass is 10.2. The zero-order valence-electron chi connectivity index (χ0n) is 6.97. The minimum Gasteiger partial charge on any atom is -0.387 e. The third-order valence-corrected chi connectivity index (χ3v) is 2.72. The van der Waals surface area contributed by atoms with Crippen LogP contribution in [0.3, 0.4) is 0 Å². The van der Waals surface area contributed by atoms with E-state index in [2.05, 4.69) is 39.0 Å². The number of hydrogen-bond donors (Lipinski definition) is 1. The maximum absolute atomic E-state index is 4.53. The zero-order chi connectivity index (χ0) is 8.55. The second-order valence-electron chi connectivity index (χ2n) is 3.09. The van der Waals surface area contributed by atoms with Crippen LogP contribution >= 0.6 is 22.6 Å². The van der Waals surface area contributed by atoms with Gasteiger partial charge in [0.05, 0.1) is 11.4 Å². The van der Waals surface area contributed by atoms with Crippen molar-refractivity contribution < 1.29 is 0 Å². The van der Waals surface area contributed by atoms with E-state index in [0.29, 0.717) is 0 Å². The number of aromatic nitrogens is 1. The molecular formula is C9H11IN2. The Bertz CT molecular complexity index is 295. The Balaban J connectivity index is 2.39. The number of nitrogens with zero attached hydrogens (tertiary/aromatic N) is 1. The summed E-state index contributed by atoms with van der Waals surface area (Å²) >= 11 is 2.26. The quantitative estimate of drug-likeness (QED) is 0.662. The summed E-state index contributed by atoms with van der Waals surface area (Å²) in [6, 6.07) is 4.15. The van der Waals surface area contributed by atoms with E-state index in [4.69, 9.17) is 0 Å². The van der Waals surface area contributed by atoms with Gasteiger partial charge in [-0.15, -0.1) is 0 Å². The Hall–Kier alpha value is -0.320. The van der Waals surface area contributed by atoms with Gasteiger partial charge >= 0.3 is 0 Å². The molecule has 3 heteroatoms. The van der Waals surface area contributed by atoms with E-state index in [0.717, 1.165) is 9.62 Å². The number of pyridine rings is 1. The van der Waals surface area contributed by atoms with Gasteiger partial charge in [-0.25, -0.2) is 4.98 Å². The second-order valence-corrected chi connectivity index (χ2v) is 4.20. The van der Waals surface area contributed by atoms with E-state index in [9.17, 15) is 0 Å². The van der Waals surface area contributed by atoms with Crippen molar-refractivity contribution in [3.8, 4) is 0 Å². The molecule has 0 saturated heterocycles. The van der Waals surface area contributed by atoms with Gasteiger partial charge in [-0.2, -0.15) is 0 Å². The van der Waals surface area contributed by atoms with Crippen LogP contribution in [0.2, 0.25) is 0 Å². The van der Waals surface area contributed by atoms with Crippen LogP contribution in [0.15, 0.2) is 12.1 Å². The highest BCUT2D eigenvalue weighted by atomic mass is 127.